The first kappa shape index (κ1) is 32.8. The van der Waals surface area contributed by atoms with E-state index in [9.17, 15) is 0 Å². The van der Waals surface area contributed by atoms with Crippen molar-refractivity contribution in [1.29, 1.82) is 0 Å². The van der Waals surface area contributed by atoms with Gasteiger partial charge in [0.15, 0.2) is 0 Å². The van der Waals surface area contributed by atoms with Crippen LogP contribution in [0.25, 0.3) is 126 Å². The third-order valence-electron chi connectivity index (χ3n) is 13.4. The Labute approximate surface area is 350 Å². The van der Waals surface area contributed by atoms with E-state index < -0.39 is 0 Å². The van der Waals surface area contributed by atoms with E-state index in [1.807, 2.05) is 0 Å². The minimum absolute atomic E-state index is 1.13. The van der Waals surface area contributed by atoms with Gasteiger partial charge in [-0.3, -0.25) is 0 Å². The largest absolute Gasteiger partial charge is 0.309 e. The minimum atomic E-state index is 1.13. The van der Waals surface area contributed by atoms with Crippen molar-refractivity contribution < 1.29 is 0 Å². The van der Waals surface area contributed by atoms with Crippen molar-refractivity contribution in [2.75, 3.05) is 0 Å². The van der Waals surface area contributed by atoms with Crippen molar-refractivity contribution in [2.45, 2.75) is 0 Å². The molecule has 3 heterocycles. The van der Waals surface area contributed by atoms with E-state index in [1.165, 1.54) is 109 Å². The maximum atomic E-state index is 2.45. The molecular weight excluding hydrogens is 739 g/mol. The fraction of sp³-hybridized carbons (Fsp3) is 0. The lowest BCUT2D eigenvalue weighted by atomic mass is 9.90. The number of benzene rings is 11. The lowest BCUT2D eigenvalue weighted by Crippen LogP contribution is -1.96. The molecule has 3 nitrogen and oxygen atoms in total. The molecule has 0 unspecified atom stereocenters. The van der Waals surface area contributed by atoms with Gasteiger partial charge in [0.25, 0.3) is 0 Å². The van der Waals surface area contributed by atoms with Gasteiger partial charge in [0, 0.05) is 49.4 Å². The zero-order valence-electron chi connectivity index (χ0n) is 33.0. The smallest absolute Gasteiger partial charge is 0.0542 e. The Kier molecular flexibility index (Phi) is 6.56. The van der Waals surface area contributed by atoms with Crippen LogP contribution in [-0.2, 0) is 0 Å². The van der Waals surface area contributed by atoms with Crippen molar-refractivity contribution in [1.82, 2.24) is 13.7 Å². The molecule has 3 aromatic heterocycles. The van der Waals surface area contributed by atoms with E-state index in [-0.39, 0.29) is 0 Å². The highest BCUT2D eigenvalue weighted by Gasteiger charge is 2.19. The average Bonchev–Trinajstić information content (AvgIpc) is 3.96. The quantitative estimate of drug-likeness (QED) is 0.158. The summed E-state index contributed by atoms with van der Waals surface area (Å²) in [7, 11) is 0. The lowest BCUT2D eigenvalue weighted by Gasteiger charge is -2.15. The molecule has 282 valence electrons. The van der Waals surface area contributed by atoms with Gasteiger partial charge >= 0.3 is 0 Å². The Morgan fingerprint density at radius 2 is 0.623 bits per heavy atom. The van der Waals surface area contributed by atoms with Crippen LogP contribution in [0.2, 0.25) is 0 Å². The van der Waals surface area contributed by atoms with E-state index in [0.29, 0.717) is 0 Å². The zero-order chi connectivity index (χ0) is 39.8. The Morgan fingerprint density at radius 3 is 1.13 bits per heavy atom. The molecule has 0 amide bonds. The first-order valence-electron chi connectivity index (χ1n) is 21.1. The van der Waals surface area contributed by atoms with Crippen LogP contribution in [0.1, 0.15) is 0 Å². The van der Waals surface area contributed by atoms with E-state index >= 15 is 0 Å². The Hall–Kier alpha value is -8.14. The van der Waals surface area contributed by atoms with Crippen molar-refractivity contribution in [3.05, 3.63) is 212 Å². The second kappa shape index (κ2) is 12.2. The second-order valence-electron chi connectivity index (χ2n) is 16.5. The lowest BCUT2D eigenvalue weighted by molar-refractivity contribution is 1.16. The normalized spacial score (nSPS) is 12.3. The molecule has 0 saturated heterocycles. The Morgan fingerprint density at radius 1 is 0.230 bits per heavy atom. The summed E-state index contributed by atoms with van der Waals surface area (Å²) in [6, 6.07) is 78.6. The van der Waals surface area contributed by atoms with Gasteiger partial charge < -0.3 is 13.7 Å². The molecule has 14 rings (SSSR count). The number of para-hydroxylation sites is 4. The first-order chi connectivity index (χ1) is 30.3. The van der Waals surface area contributed by atoms with E-state index in [4.69, 9.17) is 0 Å². The molecule has 0 atom stereocenters. The van der Waals surface area contributed by atoms with Gasteiger partial charge in [-0.1, -0.05) is 140 Å². The van der Waals surface area contributed by atoms with Gasteiger partial charge in [-0.25, -0.2) is 0 Å². The molecule has 0 saturated carbocycles. The third-order valence-corrected chi connectivity index (χ3v) is 13.4. The van der Waals surface area contributed by atoms with Gasteiger partial charge in [0.1, 0.15) is 0 Å². The maximum Gasteiger partial charge on any atom is 0.0542 e. The third kappa shape index (κ3) is 4.52. The monoisotopic (exact) mass is 773 g/mol. The SMILES string of the molecule is c1cc2ccc3ccc(-c4ccc(-n5c6ccc(-n7c8ccccc8c8ccccc87)cc6c6cc(-n7c8ccccc8c8ccccc87)ccc65)cc4)c4ccc(c1)c2c34. The second-order valence-corrected chi connectivity index (χ2v) is 16.5. The van der Waals surface area contributed by atoms with Gasteiger partial charge in [-0.05, 0) is 116 Å². The van der Waals surface area contributed by atoms with Crippen molar-refractivity contribution >= 4 is 97.7 Å². The van der Waals surface area contributed by atoms with Gasteiger partial charge in [-0.2, -0.15) is 0 Å². The van der Waals surface area contributed by atoms with Crippen LogP contribution < -0.4 is 0 Å². The van der Waals surface area contributed by atoms with E-state index in [0.717, 1.165) is 17.1 Å². The summed E-state index contributed by atoms with van der Waals surface area (Å²) in [6.45, 7) is 0. The number of hydrogen-bond acceptors (Lipinski definition) is 0. The number of fused-ring (bicyclic) bond motifs is 9. The topological polar surface area (TPSA) is 14.8 Å². The van der Waals surface area contributed by atoms with Crippen LogP contribution in [0.4, 0.5) is 0 Å². The summed E-state index contributed by atoms with van der Waals surface area (Å²) in [5.74, 6) is 0. The van der Waals surface area contributed by atoms with E-state index in [1.54, 1.807) is 0 Å². The number of aromatic nitrogens is 3. The molecule has 0 bridgehead atoms. The molecule has 3 heteroatoms. The number of rotatable bonds is 4. The molecule has 0 spiro atoms. The summed E-state index contributed by atoms with van der Waals surface area (Å²) < 4.78 is 7.30. The zero-order valence-corrected chi connectivity index (χ0v) is 33.0. The molecular formula is C58H35N3. The molecule has 11 aromatic carbocycles. The van der Waals surface area contributed by atoms with Crippen LogP contribution in [0, 0.1) is 0 Å². The van der Waals surface area contributed by atoms with Crippen molar-refractivity contribution in [3.8, 4) is 28.2 Å². The van der Waals surface area contributed by atoms with Crippen LogP contribution in [0.5, 0.6) is 0 Å². The molecule has 61 heavy (non-hydrogen) atoms. The molecule has 0 aliphatic rings. The first-order valence-corrected chi connectivity index (χ1v) is 21.1. The molecule has 0 N–H and O–H groups in total. The summed E-state index contributed by atoms with van der Waals surface area (Å²) in [5, 5.41) is 15.3. The highest BCUT2D eigenvalue weighted by Crippen LogP contribution is 2.42. The molecule has 0 aliphatic heterocycles. The molecule has 0 fully saturated rings. The molecule has 14 aromatic rings. The predicted octanol–water partition coefficient (Wildman–Crippen LogP) is 15.5. The average molecular weight is 774 g/mol. The number of hydrogen-bond donors (Lipinski definition) is 0. The van der Waals surface area contributed by atoms with Crippen molar-refractivity contribution in [3.63, 3.8) is 0 Å². The minimum Gasteiger partial charge on any atom is -0.309 e. The summed E-state index contributed by atoms with van der Waals surface area (Å²) in [5.41, 5.74) is 13.1. The fourth-order valence-electron chi connectivity index (χ4n) is 10.7. The summed E-state index contributed by atoms with van der Waals surface area (Å²) >= 11 is 0. The van der Waals surface area contributed by atoms with Crippen LogP contribution in [0.15, 0.2) is 212 Å². The van der Waals surface area contributed by atoms with Gasteiger partial charge in [-0.15, -0.1) is 0 Å². The van der Waals surface area contributed by atoms with Gasteiger partial charge in [0.05, 0.1) is 33.1 Å². The van der Waals surface area contributed by atoms with Crippen LogP contribution in [-0.4, -0.2) is 13.7 Å². The maximum absolute atomic E-state index is 2.45. The van der Waals surface area contributed by atoms with E-state index in [2.05, 4.69) is 226 Å². The van der Waals surface area contributed by atoms with Crippen LogP contribution in [0.3, 0.4) is 0 Å². The highest BCUT2D eigenvalue weighted by atomic mass is 15.0. The fourth-order valence-corrected chi connectivity index (χ4v) is 10.7. The molecule has 0 radical (unpaired) electrons. The summed E-state index contributed by atoms with van der Waals surface area (Å²) in [6.07, 6.45) is 0. The van der Waals surface area contributed by atoms with Crippen LogP contribution >= 0.6 is 0 Å². The highest BCUT2D eigenvalue weighted by molar-refractivity contribution is 6.25. The Bertz CT molecular complexity index is 3810. The van der Waals surface area contributed by atoms with Gasteiger partial charge in [0.2, 0.25) is 0 Å². The predicted molar refractivity (Wildman–Crippen MR) is 259 cm³/mol. The molecule has 0 aliphatic carbocycles. The Balaban J connectivity index is 0.999. The van der Waals surface area contributed by atoms with Crippen molar-refractivity contribution in [2.24, 2.45) is 0 Å². The summed E-state index contributed by atoms with van der Waals surface area (Å²) in [4.78, 5) is 0. The standard InChI is InChI=1S/C58H35N3/c1-5-16-51-44(12-1)45-13-2-6-17-52(45)60(51)41-28-32-55-49(34-41)50-35-42(61-53-18-7-3-14-46(53)47-15-4-8-19-54(47)61)29-33-56(50)59(55)40-26-22-36(23-27-40)43-30-24-39-21-20-37-10-9-11-38-25-31-48(43)58(39)57(37)38/h1-35H. The number of nitrogens with zero attached hydrogens (tertiary/aromatic N) is 3.